The number of carbonyl (C=O) groups is 1. The average molecular weight is 290 g/mol. The highest BCUT2D eigenvalue weighted by Crippen LogP contribution is 2.50. The van der Waals surface area contributed by atoms with Crippen molar-refractivity contribution in [3.63, 3.8) is 0 Å². The molecule has 116 valence electrons. The first-order chi connectivity index (χ1) is 10.1. The third kappa shape index (κ3) is 3.34. The Morgan fingerprint density at radius 1 is 1.38 bits per heavy atom. The zero-order chi connectivity index (χ0) is 15.5. The number of aromatic nitrogens is 2. The summed E-state index contributed by atoms with van der Waals surface area (Å²) in [6, 6.07) is 0.188. The fraction of sp³-hybridized carbons (Fsp3) is 0.688. The Hall–Kier alpha value is -1.65. The van der Waals surface area contributed by atoms with Gasteiger partial charge in [-0.2, -0.15) is 4.98 Å². The maximum atomic E-state index is 11.7. The van der Waals surface area contributed by atoms with E-state index in [1.807, 2.05) is 0 Å². The number of nitrogens with two attached hydrogens (primary N) is 1. The number of carbonyl (C=O) groups excluding carboxylic acids is 1. The van der Waals surface area contributed by atoms with Gasteiger partial charge in [-0.1, -0.05) is 33.6 Å². The van der Waals surface area contributed by atoms with Gasteiger partial charge in [0.05, 0.1) is 0 Å². The third-order valence-corrected chi connectivity index (χ3v) is 4.43. The van der Waals surface area contributed by atoms with E-state index in [0.29, 0.717) is 5.82 Å². The number of amides is 1. The van der Waals surface area contributed by atoms with E-state index >= 15 is 0 Å². The van der Waals surface area contributed by atoms with Crippen molar-refractivity contribution in [2.45, 2.75) is 70.8 Å². The second kappa shape index (κ2) is 6.41. The largest absolute Gasteiger partial charge is 0.368 e. The first-order valence-corrected chi connectivity index (χ1v) is 7.92. The first kappa shape index (κ1) is 15.7. The van der Waals surface area contributed by atoms with Gasteiger partial charge >= 0.3 is 0 Å². The summed E-state index contributed by atoms with van der Waals surface area (Å²) in [5, 5.41) is 0. The van der Waals surface area contributed by atoms with Crippen LogP contribution in [0.4, 0.5) is 11.8 Å². The van der Waals surface area contributed by atoms with E-state index in [1.165, 1.54) is 0 Å². The summed E-state index contributed by atoms with van der Waals surface area (Å²) in [4.78, 5) is 22.0. The molecule has 0 bridgehead atoms. The molecule has 5 nitrogen and oxygen atoms in total. The fourth-order valence-electron chi connectivity index (χ4n) is 2.86. The molecule has 1 aromatic heterocycles. The van der Waals surface area contributed by atoms with Gasteiger partial charge in [-0.3, -0.25) is 9.69 Å². The predicted molar refractivity (Wildman–Crippen MR) is 85.2 cm³/mol. The van der Waals surface area contributed by atoms with Crippen LogP contribution in [0.1, 0.15) is 64.9 Å². The molecule has 1 saturated carbocycles. The van der Waals surface area contributed by atoms with E-state index in [0.717, 1.165) is 50.5 Å². The second-order valence-electron chi connectivity index (χ2n) is 6.27. The van der Waals surface area contributed by atoms with Crippen molar-refractivity contribution in [1.29, 1.82) is 0 Å². The summed E-state index contributed by atoms with van der Waals surface area (Å²) in [7, 11) is 0. The number of hydrogen-bond acceptors (Lipinski definition) is 4. The van der Waals surface area contributed by atoms with Crippen LogP contribution in [0.15, 0.2) is 6.20 Å². The van der Waals surface area contributed by atoms with Crippen molar-refractivity contribution in [2.24, 2.45) is 0 Å². The van der Waals surface area contributed by atoms with E-state index < -0.39 is 0 Å². The summed E-state index contributed by atoms with van der Waals surface area (Å²) in [6.45, 7) is 6.48. The molecular formula is C16H26N4O. The lowest BCUT2D eigenvalue weighted by Gasteiger charge is -2.30. The predicted octanol–water partition coefficient (Wildman–Crippen LogP) is 3.04. The lowest BCUT2D eigenvalue weighted by Crippen LogP contribution is -2.36. The molecule has 21 heavy (non-hydrogen) atoms. The van der Waals surface area contributed by atoms with Crippen LogP contribution in [0.3, 0.4) is 0 Å². The van der Waals surface area contributed by atoms with Crippen molar-refractivity contribution < 1.29 is 4.79 Å². The number of nitrogens with zero attached hydrogens (tertiary/aromatic N) is 3. The number of anilines is 2. The van der Waals surface area contributed by atoms with Gasteiger partial charge in [0.25, 0.3) is 0 Å². The van der Waals surface area contributed by atoms with E-state index in [-0.39, 0.29) is 17.4 Å². The van der Waals surface area contributed by atoms with Crippen LogP contribution in [-0.2, 0) is 10.2 Å². The SMILES string of the molecule is CCCC(CCC)N(C=O)c1nc(N)ncc1C1(C)CC1. The maximum absolute atomic E-state index is 11.7. The van der Waals surface area contributed by atoms with E-state index in [9.17, 15) is 4.79 Å². The topological polar surface area (TPSA) is 72.1 Å². The van der Waals surface area contributed by atoms with Gasteiger partial charge in [-0.25, -0.2) is 4.98 Å². The number of hydrogen-bond donors (Lipinski definition) is 1. The van der Waals surface area contributed by atoms with Crippen LogP contribution in [0, 0.1) is 0 Å². The summed E-state index contributed by atoms with van der Waals surface area (Å²) < 4.78 is 0. The minimum Gasteiger partial charge on any atom is -0.368 e. The van der Waals surface area contributed by atoms with Crippen LogP contribution in [0.25, 0.3) is 0 Å². The normalized spacial score (nSPS) is 16.0. The minimum atomic E-state index is 0.104. The van der Waals surface area contributed by atoms with Crippen LogP contribution >= 0.6 is 0 Å². The van der Waals surface area contributed by atoms with Gasteiger partial charge in [0, 0.05) is 17.8 Å². The molecule has 0 aliphatic heterocycles. The van der Waals surface area contributed by atoms with Gasteiger partial charge in [0.15, 0.2) is 0 Å². The van der Waals surface area contributed by atoms with Crippen molar-refractivity contribution in [2.75, 3.05) is 10.6 Å². The lowest BCUT2D eigenvalue weighted by molar-refractivity contribution is -0.108. The minimum absolute atomic E-state index is 0.104. The Balaban J connectivity index is 2.40. The Bertz CT molecular complexity index is 493. The van der Waals surface area contributed by atoms with Gasteiger partial charge < -0.3 is 5.73 Å². The summed E-state index contributed by atoms with van der Waals surface area (Å²) in [5.74, 6) is 0.945. The zero-order valence-corrected chi connectivity index (χ0v) is 13.3. The molecule has 1 aliphatic rings. The van der Waals surface area contributed by atoms with Crippen LogP contribution in [0.2, 0.25) is 0 Å². The van der Waals surface area contributed by atoms with Crippen molar-refractivity contribution in [3.8, 4) is 0 Å². The average Bonchev–Trinajstić information content (AvgIpc) is 3.19. The van der Waals surface area contributed by atoms with Gasteiger partial charge in [-0.05, 0) is 31.1 Å². The van der Waals surface area contributed by atoms with Gasteiger partial charge in [-0.15, -0.1) is 0 Å². The van der Waals surface area contributed by atoms with Crippen molar-refractivity contribution in [3.05, 3.63) is 11.8 Å². The van der Waals surface area contributed by atoms with Gasteiger partial charge in [0.1, 0.15) is 5.82 Å². The highest BCUT2D eigenvalue weighted by Gasteiger charge is 2.43. The third-order valence-electron chi connectivity index (χ3n) is 4.43. The molecule has 0 saturated heterocycles. The van der Waals surface area contributed by atoms with E-state index in [1.54, 1.807) is 11.1 Å². The maximum Gasteiger partial charge on any atom is 0.221 e. The van der Waals surface area contributed by atoms with Crippen LogP contribution < -0.4 is 10.6 Å². The van der Waals surface area contributed by atoms with Crippen molar-refractivity contribution in [1.82, 2.24) is 9.97 Å². The van der Waals surface area contributed by atoms with Gasteiger partial charge in [0.2, 0.25) is 12.4 Å². The molecule has 1 heterocycles. The van der Waals surface area contributed by atoms with Crippen LogP contribution in [-0.4, -0.2) is 22.4 Å². The number of nitrogen functional groups attached to an aromatic ring is 1. The molecular weight excluding hydrogens is 264 g/mol. The molecule has 0 spiro atoms. The highest BCUT2D eigenvalue weighted by atomic mass is 16.1. The molecule has 5 heteroatoms. The van der Waals surface area contributed by atoms with E-state index in [4.69, 9.17) is 5.73 Å². The lowest BCUT2D eigenvalue weighted by atomic mass is 9.98. The highest BCUT2D eigenvalue weighted by molar-refractivity contribution is 5.76. The molecule has 1 amide bonds. The summed E-state index contributed by atoms with van der Waals surface area (Å²) in [5.41, 5.74) is 6.93. The quantitative estimate of drug-likeness (QED) is 0.747. The molecule has 0 radical (unpaired) electrons. The first-order valence-electron chi connectivity index (χ1n) is 7.92. The molecule has 0 atom stereocenters. The molecule has 2 rings (SSSR count). The molecule has 0 aromatic carbocycles. The summed E-state index contributed by atoms with van der Waals surface area (Å²) >= 11 is 0. The molecule has 1 aliphatic carbocycles. The zero-order valence-electron chi connectivity index (χ0n) is 13.3. The second-order valence-corrected chi connectivity index (χ2v) is 6.27. The monoisotopic (exact) mass is 290 g/mol. The molecule has 0 unspecified atom stereocenters. The molecule has 2 N–H and O–H groups in total. The smallest absolute Gasteiger partial charge is 0.221 e. The molecule has 1 fully saturated rings. The Labute approximate surface area is 127 Å². The van der Waals surface area contributed by atoms with Crippen molar-refractivity contribution >= 4 is 18.2 Å². The Morgan fingerprint density at radius 3 is 2.48 bits per heavy atom. The number of rotatable bonds is 8. The fourth-order valence-corrected chi connectivity index (χ4v) is 2.86. The van der Waals surface area contributed by atoms with E-state index in [2.05, 4.69) is 30.7 Å². The standard InChI is InChI=1S/C16H26N4O/c1-4-6-12(7-5-2)20(11-21)14-13(16(3)8-9-16)10-18-15(17)19-14/h10-12H,4-9H2,1-3H3,(H2,17,18,19). The van der Waals surface area contributed by atoms with Crippen LogP contribution in [0.5, 0.6) is 0 Å². The Morgan fingerprint density at radius 2 is 2.00 bits per heavy atom. The summed E-state index contributed by atoms with van der Waals surface area (Å²) in [6.07, 6.45) is 8.99. The Kier molecular flexibility index (Phi) is 4.80. The molecule has 1 aromatic rings.